The molecule has 17 heavy (non-hydrogen) atoms. The lowest BCUT2D eigenvalue weighted by molar-refractivity contribution is -0.384. The number of aromatic nitrogens is 1. The van der Waals surface area contributed by atoms with Gasteiger partial charge in [0.05, 0.1) is 9.95 Å². The third-order valence-corrected chi connectivity index (χ3v) is 2.72. The first-order valence-electron chi connectivity index (χ1n) is 4.64. The molecule has 6 heteroatoms. The fourth-order valence-corrected chi connectivity index (χ4v) is 1.93. The lowest BCUT2D eigenvalue weighted by Crippen LogP contribution is -1.94. The lowest BCUT2D eigenvalue weighted by atomic mass is 10.1. The fraction of sp³-hybridized carbons (Fsp3) is 0. The highest BCUT2D eigenvalue weighted by Gasteiger charge is 2.18. The minimum absolute atomic E-state index is 0.0864. The second-order valence-electron chi connectivity index (χ2n) is 3.25. The van der Waals surface area contributed by atoms with E-state index >= 15 is 0 Å². The molecule has 0 aliphatic heterocycles. The molecule has 0 atom stereocenters. The van der Waals surface area contributed by atoms with Gasteiger partial charge in [0.1, 0.15) is 5.69 Å². The third-order valence-electron chi connectivity index (χ3n) is 2.17. The number of benzene rings is 1. The fourth-order valence-electron chi connectivity index (χ4n) is 1.43. The summed E-state index contributed by atoms with van der Waals surface area (Å²) in [6.45, 7) is 0. The molecule has 0 saturated heterocycles. The molecule has 1 heterocycles. The average molecular weight is 269 g/mol. The topological polar surface area (TPSA) is 56.0 Å². The maximum Gasteiger partial charge on any atom is 0.295 e. The number of rotatable bonds is 2. The van der Waals surface area contributed by atoms with Crippen molar-refractivity contribution in [2.45, 2.75) is 0 Å². The first-order chi connectivity index (χ1) is 8.09. The van der Waals surface area contributed by atoms with Crippen LogP contribution in [0.2, 0.25) is 10.0 Å². The molecule has 0 radical (unpaired) electrons. The summed E-state index contributed by atoms with van der Waals surface area (Å²) in [7, 11) is 0. The highest BCUT2D eigenvalue weighted by atomic mass is 35.5. The van der Waals surface area contributed by atoms with E-state index in [1.165, 1.54) is 24.4 Å². The van der Waals surface area contributed by atoms with Gasteiger partial charge in [-0.2, -0.15) is 0 Å². The van der Waals surface area contributed by atoms with Crippen molar-refractivity contribution in [1.82, 2.24) is 4.98 Å². The highest BCUT2D eigenvalue weighted by molar-refractivity contribution is 6.36. The summed E-state index contributed by atoms with van der Waals surface area (Å²) in [6.07, 6.45) is 1.48. The van der Waals surface area contributed by atoms with E-state index in [2.05, 4.69) is 4.98 Å². The van der Waals surface area contributed by atoms with E-state index in [1.807, 2.05) is 0 Å². The molecule has 0 fully saturated rings. The number of nitrogens with zero attached hydrogens (tertiary/aromatic N) is 2. The Kier molecular flexibility index (Phi) is 3.26. The van der Waals surface area contributed by atoms with Crippen LogP contribution in [-0.4, -0.2) is 9.91 Å². The van der Waals surface area contributed by atoms with Gasteiger partial charge in [-0.1, -0.05) is 23.2 Å². The van der Waals surface area contributed by atoms with E-state index in [4.69, 9.17) is 23.2 Å². The standard InChI is InChI=1S/C11H6Cl2N2O2/c12-7-3-4-8(9(13)6-7)11-10(15(16)17)2-1-5-14-11/h1-6H. The van der Waals surface area contributed by atoms with Crippen molar-refractivity contribution >= 4 is 28.9 Å². The molecule has 0 aliphatic rings. The molecule has 0 N–H and O–H groups in total. The van der Waals surface area contributed by atoms with Crippen LogP contribution in [0.1, 0.15) is 0 Å². The van der Waals surface area contributed by atoms with Gasteiger partial charge < -0.3 is 0 Å². The number of nitro groups is 1. The molecule has 0 unspecified atom stereocenters. The van der Waals surface area contributed by atoms with Gasteiger partial charge in [0.25, 0.3) is 5.69 Å². The molecular formula is C11H6Cl2N2O2. The van der Waals surface area contributed by atoms with Gasteiger partial charge in [-0.3, -0.25) is 10.1 Å². The minimum Gasteiger partial charge on any atom is -0.258 e. The van der Waals surface area contributed by atoms with E-state index in [1.54, 1.807) is 12.1 Å². The Morgan fingerprint density at radius 3 is 2.65 bits per heavy atom. The average Bonchev–Trinajstić information content (AvgIpc) is 2.29. The van der Waals surface area contributed by atoms with Gasteiger partial charge in [0.2, 0.25) is 0 Å². The second-order valence-corrected chi connectivity index (χ2v) is 4.10. The number of hydrogen-bond acceptors (Lipinski definition) is 3. The molecule has 1 aromatic heterocycles. The quantitative estimate of drug-likeness (QED) is 0.612. The van der Waals surface area contributed by atoms with Gasteiger partial charge in [-0.15, -0.1) is 0 Å². The smallest absolute Gasteiger partial charge is 0.258 e. The summed E-state index contributed by atoms with van der Waals surface area (Å²) in [4.78, 5) is 14.4. The summed E-state index contributed by atoms with van der Waals surface area (Å²) in [5.74, 6) is 0. The first-order valence-corrected chi connectivity index (χ1v) is 5.40. The molecule has 0 amide bonds. The van der Waals surface area contributed by atoms with Gasteiger partial charge >= 0.3 is 0 Å². The van der Waals surface area contributed by atoms with Crippen LogP contribution in [0, 0.1) is 10.1 Å². The molecule has 2 rings (SSSR count). The zero-order valence-electron chi connectivity index (χ0n) is 8.43. The second kappa shape index (κ2) is 4.69. The Morgan fingerprint density at radius 2 is 2.00 bits per heavy atom. The van der Waals surface area contributed by atoms with Crippen molar-refractivity contribution < 1.29 is 4.92 Å². The molecule has 86 valence electrons. The van der Waals surface area contributed by atoms with Crippen LogP contribution in [0.3, 0.4) is 0 Å². The lowest BCUT2D eigenvalue weighted by Gasteiger charge is -2.04. The predicted octanol–water partition coefficient (Wildman–Crippen LogP) is 3.96. The Labute approximate surface area is 107 Å². The Bertz CT molecular complexity index is 587. The maximum absolute atomic E-state index is 10.9. The molecule has 0 spiro atoms. The van der Waals surface area contributed by atoms with Crippen LogP contribution in [0.4, 0.5) is 5.69 Å². The van der Waals surface area contributed by atoms with Gasteiger partial charge in [-0.25, -0.2) is 4.98 Å². The van der Waals surface area contributed by atoms with Crippen LogP contribution in [0.5, 0.6) is 0 Å². The van der Waals surface area contributed by atoms with E-state index in [-0.39, 0.29) is 11.4 Å². The summed E-state index contributed by atoms with van der Waals surface area (Å²) in [6, 6.07) is 7.64. The summed E-state index contributed by atoms with van der Waals surface area (Å²) in [5.41, 5.74) is 0.638. The maximum atomic E-state index is 10.9. The van der Waals surface area contributed by atoms with Crippen molar-refractivity contribution in [3.8, 4) is 11.3 Å². The molecule has 0 bridgehead atoms. The normalized spacial score (nSPS) is 10.2. The molecule has 0 aliphatic carbocycles. The predicted molar refractivity (Wildman–Crippen MR) is 66.3 cm³/mol. The largest absolute Gasteiger partial charge is 0.295 e. The molecule has 1 aromatic carbocycles. The summed E-state index contributed by atoms with van der Waals surface area (Å²) >= 11 is 11.8. The van der Waals surface area contributed by atoms with Crippen molar-refractivity contribution in [3.63, 3.8) is 0 Å². The van der Waals surface area contributed by atoms with E-state index in [0.717, 1.165) is 0 Å². The van der Waals surface area contributed by atoms with Crippen molar-refractivity contribution in [2.24, 2.45) is 0 Å². The van der Waals surface area contributed by atoms with Crippen LogP contribution in [0.15, 0.2) is 36.5 Å². The molecule has 0 saturated carbocycles. The van der Waals surface area contributed by atoms with Crippen molar-refractivity contribution in [2.75, 3.05) is 0 Å². The van der Waals surface area contributed by atoms with Crippen LogP contribution >= 0.6 is 23.2 Å². The zero-order chi connectivity index (χ0) is 12.4. The van der Waals surface area contributed by atoms with Gasteiger partial charge in [0, 0.05) is 22.8 Å². The van der Waals surface area contributed by atoms with E-state index < -0.39 is 4.92 Å². The van der Waals surface area contributed by atoms with Gasteiger partial charge in [-0.05, 0) is 24.3 Å². The first kappa shape index (κ1) is 11.8. The third kappa shape index (κ3) is 2.38. The minimum atomic E-state index is -0.493. The number of pyridine rings is 1. The monoisotopic (exact) mass is 268 g/mol. The van der Waals surface area contributed by atoms with Gasteiger partial charge in [0.15, 0.2) is 0 Å². The van der Waals surface area contributed by atoms with Crippen molar-refractivity contribution in [1.29, 1.82) is 0 Å². The Balaban J connectivity index is 2.64. The van der Waals surface area contributed by atoms with E-state index in [0.29, 0.717) is 15.6 Å². The SMILES string of the molecule is O=[N+]([O-])c1cccnc1-c1ccc(Cl)cc1Cl. The molecule has 4 nitrogen and oxygen atoms in total. The number of halogens is 2. The van der Waals surface area contributed by atoms with E-state index in [9.17, 15) is 10.1 Å². The van der Waals surface area contributed by atoms with Crippen molar-refractivity contribution in [3.05, 3.63) is 56.7 Å². The summed E-state index contributed by atoms with van der Waals surface area (Å²) < 4.78 is 0. The molecule has 2 aromatic rings. The van der Waals surface area contributed by atoms with Crippen LogP contribution in [-0.2, 0) is 0 Å². The number of hydrogen-bond donors (Lipinski definition) is 0. The highest BCUT2D eigenvalue weighted by Crippen LogP contribution is 2.33. The van der Waals surface area contributed by atoms with Crippen LogP contribution < -0.4 is 0 Å². The van der Waals surface area contributed by atoms with Crippen LogP contribution in [0.25, 0.3) is 11.3 Å². The Morgan fingerprint density at radius 1 is 1.24 bits per heavy atom. The zero-order valence-corrected chi connectivity index (χ0v) is 9.94. The Hall–Kier alpha value is -1.65. The molecular weight excluding hydrogens is 263 g/mol. The summed E-state index contributed by atoms with van der Waals surface area (Å²) in [5, 5.41) is 11.7.